The molecule has 9 atom stereocenters. The third kappa shape index (κ3) is 3.04. The van der Waals surface area contributed by atoms with Crippen LogP contribution in [-0.4, -0.2) is 11.2 Å². The normalized spacial score (nSPS) is 51.8. The van der Waals surface area contributed by atoms with Gasteiger partial charge in [0.1, 0.15) is 0 Å². The molecule has 5 aliphatic rings. The van der Waals surface area contributed by atoms with E-state index in [9.17, 15) is 5.11 Å². The smallest absolute Gasteiger partial charge is 0.0628 e. The molecule has 182 valence electrons. The zero-order chi connectivity index (χ0) is 23.3. The molecule has 0 aromatic carbocycles. The third-order valence-corrected chi connectivity index (χ3v) is 13.3. The van der Waals surface area contributed by atoms with Crippen LogP contribution in [0.25, 0.3) is 0 Å². The van der Waals surface area contributed by atoms with Crippen molar-refractivity contribution in [3.8, 4) is 0 Å². The minimum Gasteiger partial charge on any atom is -0.392 e. The van der Waals surface area contributed by atoms with Crippen LogP contribution in [0.1, 0.15) is 120 Å². The van der Waals surface area contributed by atoms with Gasteiger partial charge in [-0.1, -0.05) is 73.5 Å². The van der Waals surface area contributed by atoms with Crippen LogP contribution in [0.5, 0.6) is 0 Å². The molecule has 0 unspecified atom stereocenters. The van der Waals surface area contributed by atoms with Gasteiger partial charge in [-0.3, -0.25) is 0 Å². The molecule has 0 spiro atoms. The predicted octanol–water partition coefficient (Wildman–Crippen LogP) is 8.41. The summed E-state index contributed by atoms with van der Waals surface area (Å²) in [5.74, 6) is 4.28. The van der Waals surface area contributed by atoms with Gasteiger partial charge in [0.25, 0.3) is 0 Å². The fourth-order valence-electron chi connectivity index (χ4n) is 10.4. The number of allylic oxidation sites excluding steroid dienone is 1. The Bertz CT molecular complexity index is 790. The molecule has 1 heteroatoms. The van der Waals surface area contributed by atoms with E-state index < -0.39 is 0 Å². The van der Waals surface area contributed by atoms with E-state index in [2.05, 4.69) is 61.5 Å². The van der Waals surface area contributed by atoms with Crippen LogP contribution in [0.3, 0.4) is 0 Å². The Morgan fingerprint density at radius 3 is 2.28 bits per heavy atom. The van der Waals surface area contributed by atoms with E-state index in [4.69, 9.17) is 0 Å². The van der Waals surface area contributed by atoms with Gasteiger partial charge in [-0.25, -0.2) is 0 Å². The number of rotatable bonds is 4. The van der Waals surface area contributed by atoms with Crippen molar-refractivity contribution in [3.05, 3.63) is 11.6 Å². The second-order valence-corrected chi connectivity index (χ2v) is 15.2. The minimum atomic E-state index is -0.164. The molecule has 32 heavy (non-hydrogen) atoms. The Morgan fingerprint density at radius 1 is 0.938 bits per heavy atom. The van der Waals surface area contributed by atoms with E-state index in [1.807, 2.05) is 0 Å². The van der Waals surface area contributed by atoms with Crippen LogP contribution >= 0.6 is 0 Å². The number of hydrogen-bond donors (Lipinski definition) is 1. The van der Waals surface area contributed by atoms with Crippen LogP contribution in [0.2, 0.25) is 0 Å². The second kappa shape index (κ2) is 7.11. The zero-order valence-electron chi connectivity index (χ0n) is 22.6. The maximum absolute atomic E-state index is 10.8. The first kappa shape index (κ1) is 23.4. The van der Waals surface area contributed by atoms with Crippen molar-refractivity contribution in [1.82, 2.24) is 0 Å². The summed E-state index contributed by atoms with van der Waals surface area (Å²) < 4.78 is 0. The van der Waals surface area contributed by atoms with Gasteiger partial charge < -0.3 is 5.11 Å². The van der Waals surface area contributed by atoms with Gasteiger partial charge in [0.15, 0.2) is 0 Å². The molecule has 5 rings (SSSR count). The summed E-state index contributed by atoms with van der Waals surface area (Å²) in [4.78, 5) is 0. The van der Waals surface area contributed by atoms with Gasteiger partial charge in [0.2, 0.25) is 0 Å². The molecular formula is C31H52O. The summed E-state index contributed by atoms with van der Waals surface area (Å²) in [6.07, 6.45) is 16.0. The monoisotopic (exact) mass is 440 g/mol. The van der Waals surface area contributed by atoms with Crippen molar-refractivity contribution in [2.24, 2.45) is 56.7 Å². The van der Waals surface area contributed by atoms with E-state index >= 15 is 0 Å². The lowest BCUT2D eigenvalue weighted by molar-refractivity contribution is -0.145. The summed E-state index contributed by atoms with van der Waals surface area (Å²) in [6.45, 7) is 20.3. The maximum Gasteiger partial charge on any atom is 0.0628 e. The molecule has 0 aromatic heterocycles. The molecule has 0 amide bonds. The van der Waals surface area contributed by atoms with E-state index in [1.54, 1.807) is 5.57 Å². The number of aliphatic hydroxyl groups excluding tert-OH is 1. The molecule has 0 heterocycles. The lowest BCUT2D eigenvalue weighted by Gasteiger charge is -2.66. The third-order valence-electron chi connectivity index (χ3n) is 13.3. The average Bonchev–Trinajstić information content (AvgIpc) is 3.22. The molecule has 0 aromatic rings. The van der Waals surface area contributed by atoms with Gasteiger partial charge in [-0.2, -0.15) is 0 Å². The Kier molecular flexibility index (Phi) is 5.21. The largest absolute Gasteiger partial charge is 0.392 e. The van der Waals surface area contributed by atoms with Crippen molar-refractivity contribution in [3.63, 3.8) is 0 Å². The second-order valence-electron chi connectivity index (χ2n) is 15.2. The fraction of sp³-hybridized carbons (Fsp3) is 0.935. The number of fused-ring (bicyclic) bond motifs is 5. The molecule has 4 fully saturated rings. The minimum absolute atomic E-state index is 0.0398. The SMILES string of the molecule is C[C@H](CC[C@H]1CC1(C)C)[C@H]1CC[C@@]2(C)[C@@H]3CC=C4[C@@H](CC[C@H](O)C4(C)C)[C@]3(C)CC[C@]12C. The van der Waals surface area contributed by atoms with Gasteiger partial charge in [0, 0.05) is 5.41 Å². The predicted molar refractivity (Wildman–Crippen MR) is 135 cm³/mol. The molecule has 0 aliphatic heterocycles. The average molecular weight is 441 g/mol. The highest BCUT2D eigenvalue weighted by Crippen LogP contribution is 2.75. The topological polar surface area (TPSA) is 20.2 Å². The Morgan fingerprint density at radius 2 is 1.62 bits per heavy atom. The zero-order valence-corrected chi connectivity index (χ0v) is 22.6. The molecule has 0 bridgehead atoms. The lowest BCUT2D eigenvalue weighted by atomic mass is 9.39. The first-order valence-electron chi connectivity index (χ1n) is 14.2. The van der Waals surface area contributed by atoms with E-state index in [0.717, 1.165) is 30.1 Å². The molecule has 5 aliphatic carbocycles. The summed E-state index contributed by atoms with van der Waals surface area (Å²) in [7, 11) is 0. The van der Waals surface area contributed by atoms with Gasteiger partial charge in [-0.15, -0.1) is 0 Å². The fourth-order valence-corrected chi connectivity index (χ4v) is 10.4. The molecule has 0 saturated heterocycles. The van der Waals surface area contributed by atoms with Crippen molar-refractivity contribution in [1.29, 1.82) is 0 Å². The highest BCUT2D eigenvalue weighted by atomic mass is 16.3. The van der Waals surface area contributed by atoms with Crippen LogP contribution in [-0.2, 0) is 0 Å². The molecule has 1 nitrogen and oxygen atoms in total. The summed E-state index contributed by atoms with van der Waals surface area (Å²) in [5, 5.41) is 10.8. The van der Waals surface area contributed by atoms with Crippen molar-refractivity contribution >= 4 is 0 Å². The Hall–Kier alpha value is -0.300. The molecule has 1 N–H and O–H groups in total. The van der Waals surface area contributed by atoms with Crippen LogP contribution in [0.4, 0.5) is 0 Å². The Balaban J connectivity index is 1.39. The standard InChI is InChI=1S/C31H52O/c1-20(9-10-21-19-27(21,2)3)22-15-16-31(8)25-13-11-23-24(12-14-26(32)28(23,4)5)29(25,6)17-18-30(22,31)7/h11,20-22,24-26,32H,9-10,12-19H2,1-8H3/t20-,21+,22-,24-,25-,26+,29+,30-,31+/m1/s1. The first-order chi connectivity index (χ1) is 14.8. The van der Waals surface area contributed by atoms with Gasteiger partial charge in [0.05, 0.1) is 6.10 Å². The van der Waals surface area contributed by atoms with E-state index in [0.29, 0.717) is 27.6 Å². The van der Waals surface area contributed by atoms with Crippen LogP contribution in [0.15, 0.2) is 11.6 Å². The molecule has 4 saturated carbocycles. The first-order valence-corrected chi connectivity index (χ1v) is 14.2. The van der Waals surface area contributed by atoms with Gasteiger partial charge in [-0.05, 0) is 109 Å². The number of hydrogen-bond acceptors (Lipinski definition) is 1. The summed E-state index contributed by atoms with van der Waals surface area (Å²) in [5.41, 5.74) is 3.60. The Labute approximate surface area is 199 Å². The van der Waals surface area contributed by atoms with Crippen molar-refractivity contribution in [2.75, 3.05) is 0 Å². The molecule has 0 radical (unpaired) electrons. The summed E-state index contributed by atoms with van der Waals surface area (Å²) in [6, 6.07) is 0. The quantitative estimate of drug-likeness (QED) is 0.435. The molecular weight excluding hydrogens is 388 g/mol. The maximum atomic E-state index is 10.8. The van der Waals surface area contributed by atoms with Crippen LogP contribution < -0.4 is 0 Å². The van der Waals surface area contributed by atoms with Crippen molar-refractivity contribution < 1.29 is 5.11 Å². The van der Waals surface area contributed by atoms with Crippen molar-refractivity contribution in [2.45, 2.75) is 126 Å². The van der Waals surface area contributed by atoms with E-state index in [-0.39, 0.29) is 11.5 Å². The highest BCUT2D eigenvalue weighted by Gasteiger charge is 2.67. The van der Waals surface area contributed by atoms with E-state index in [1.165, 1.54) is 57.8 Å². The van der Waals surface area contributed by atoms with Gasteiger partial charge >= 0.3 is 0 Å². The summed E-state index contributed by atoms with van der Waals surface area (Å²) >= 11 is 0. The highest BCUT2D eigenvalue weighted by molar-refractivity contribution is 5.30. The lowest BCUT2D eigenvalue weighted by Crippen LogP contribution is -2.59. The number of aliphatic hydroxyl groups is 1. The van der Waals surface area contributed by atoms with Crippen LogP contribution in [0, 0.1) is 56.7 Å².